The van der Waals surface area contributed by atoms with Crippen molar-refractivity contribution >= 4 is 17.4 Å². The molecule has 0 bridgehead atoms. The first-order valence-electron chi connectivity index (χ1n) is 6.64. The molecule has 2 aromatic rings. The van der Waals surface area contributed by atoms with E-state index in [9.17, 15) is 0 Å². The summed E-state index contributed by atoms with van der Waals surface area (Å²) >= 11 is 6.22. The lowest BCUT2D eigenvalue weighted by Gasteiger charge is -2.21. The van der Waals surface area contributed by atoms with Crippen molar-refractivity contribution in [2.45, 2.75) is 33.2 Å². The zero-order valence-corrected chi connectivity index (χ0v) is 13.0. The van der Waals surface area contributed by atoms with E-state index in [1.807, 2.05) is 32.2 Å². The molecule has 0 aliphatic carbocycles. The lowest BCUT2D eigenvalue weighted by atomic mass is 10.2. The molecule has 0 saturated heterocycles. The smallest absolute Gasteiger partial charge is 0.137 e. The molecular formula is C15H19ClN4. The normalized spacial score (nSPS) is 10.9. The molecule has 2 heterocycles. The Labute approximate surface area is 124 Å². The van der Waals surface area contributed by atoms with Crippen LogP contribution in [0.15, 0.2) is 24.4 Å². The highest BCUT2D eigenvalue weighted by Crippen LogP contribution is 2.25. The third-order valence-corrected chi connectivity index (χ3v) is 3.45. The second-order valence-electron chi connectivity index (χ2n) is 5.15. The fourth-order valence-electron chi connectivity index (χ4n) is 1.93. The minimum atomic E-state index is 0.245. The molecule has 0 aliphatic rings. The van der Waals surface area contributed by atoms with Gasteiger partial charge in [0.2, 0.25) is 0 Å². The highest BCUT2D eigenvalue weighted by Gasteiger charge is 2.15. The number of rotatable bonds is 4. The summed E-state index contributed by atoms with van der Waals surface area (Å²) in [6.45, 7) is 6.75. The minimum absolute atomic E-state index is 0.245. The molecule has 0 fully saturated rings. The summed E-state index contributed by atoms with van der Waals surface area (Å²) in [5, 5.41) is 0.520. The SMILES string of the molecule is Cc1c(Cl)nc(C(C)C)nc1N(C)Cc1ccccn1. The molecular weight excluding hydrogens is 272 g/mol. The Morgan fingerprint density at radius 3 is 2.60 bits per heavy atom. The van der Waals surface area contributed by atoms with Crippen molar-refractivity contribution in [1.82, 2.24) is 15.0 Å². The Balaban J connectivity index is 2.31. The van der Waals surface area contributed by atoms with E-state index in [0.29, 0.717) is 11.7 Å². The quantitative estimate of drug-likeness (QED) is 0.807. The Kier molecular flexibility index (Phi) is 4.55. The molecule has 4 nitrogen and oxygen atoms in total. The predicted octanol–water partition coefficient (Wildman–Crippen LogP) is 3.59. The van der Waals surface area contributed by atoms with Gasteiger partial charge in [-0.3, -0.25) is 4.98 Å². The number of hydrogen-bond acceptors (Lipinski definition) is 4. The predicted molar refractivity (Wildman–Crippen MR) is 82.2 cm³/mol. The molecule has 2 aromatic heterocycles. The molecule has 0 aliphatic heterocycles. The van der Waals surface area contributed by atoms with E-state index in [1.54, 1.807) is 6.20 Å². The van der Waals surface area contributed by atoms with Crippen molar-refractivity contribution in [2.24, 2.45) is 0 Å². The van der Waals surface area contributed by atoms with E-state index in [1.165, 1.54) is 0 Å². The van der Waals surface area contributed by atoms with Crippen LogP contribution >= 0.6 is 11.6 Å². The highest BCUT2D eigenvalue weighted by atomic mass is 35.5. The molecule has 0 aromatic carbocycles. The number of nitrogens with zero attached hydrogens (tertiary/aromatic N) is 4. The maximum absolute atomic E-state index is 6.22. The Morgan fingerprint density at radius 1 is 1.25 bits per heavy atom. The zero-order chi connectivity index (χ0) is 14.7. The van der Waals surface area contributed by atoms with Crippen molar-refractivity contribution in [3.05, 3.63) is 46.6 Å². The number of hydrogen-bond donors (Lipinski definition) is 0. The van der Waals surface area contributed by atoms with E-state index >= 15 is 0 Å². The Bertz CT molecular complexity index is 584. The summed E-state index contributed by atoms with van der Waals surface area (Å²) in [6, 6.07) is 5.89. The molecule has 0 unspecified atom stereocenters. The molecule has 5 heteroatoms. The van der Waals surface area contributed by atoms with Crippen LogP contribution in [0.1, 0.15) is 36.8 Å². The summed E-state index contributed by atoms with van der Waals surface area (Å²) in [4.78, 5) is 15.4. The van der Waals surface area contributed by atoms with E-state index in [-0.39, 0.29) is 5.92 Å². The molecule has 106 valence electrons. The maximum atomic E-state index is 6.22. The van der Waals surface area contributed by atoms with Crippen LogP contribution in [0, 0.1) is 6.92 Å². The summed E-state index contributed by atoms with van der Waals surface area (Å²) < 4.78 is 0. The number of anilines is 1. The van der Waals surface area contributed by atoms with E-state index in [4.69, 9.17) is 11.6 Å². The van der Waals surface area contributed by atoms with Gasteiger partial charge >= 0.3 is 0 Å². The molecule has 0 spiro atoms. The summed E-state index contributed by atoms with van der Waals surface area (Å²) in [5.74, 6) is 1.87. The molecule has 0 N–H and O–H groups in total. The van der Waals surface area contributed by atoms with Gasteiger partial charge in [0.1, 0.15) is 16.8 Å². The van der Waals surface area contributed by atoms with Crippen molar-refractivity contribution < 1.29 is 0 Å². The van der Waals surface area contributed by atoms with Crippen LogP contribution in [-0.2, 0) is 6.54 Å². The van der Waals surface area contributed by atoms with E-state index in [0.717, 1.165) is 22.9 Å². The minimum Gasteiger partial charge on any atom is -0.353 e. The zero-order valence-electron chi connectivity index (χ0n) is 12.3. The van der Waals surface area contributed by atoms with Gasteiger partial charge in [-0.25, -0.2) is 9.97 Å². The Morgan fingerprint density at radius 2 is 2.00 bits per heavy atom. The fraction of sp³-hybridized carbons (Fsp3) is 0.400. The number of halogens is 1. The van der Waals surface area contributed by atoms with Crippen molar-refractivity contribution in [1.29, 1.82) is 0 Å². The monoisotopic (exact) mass is 290 g/mol. The molecule has 2 rings (SSSR count). The first-order valence-corrected chi connectivity index (χ1v) is 7.02. The van der Waals surface area contributed by atoms with Crippen molar-refractivity contribution in [3.8, 4) is 0 Å². The van der Waals surface area contributed by atoms with Crippen LogP contribution in [0.25, 0.3) is 0 Å². The van der Waals surface area contributed by atoms with Gasteiger partial charge < -0.3 is 4.90 Å². The van der Waals surface area contributed by atoms with Gasteiger partial charge in [-0.1, -0.05) is 31.5 Å². The molecule has 20 heavy (non-hydrogen) atoms. The van der Waals surface area contributed by atoms with Gasteiger partial charge in [0.05, 0.1) is 12.2 Å². The van der Waals surface area contributed by atoms with E-state index in [2.05, 4.69) is 33.7 Å². The van der Waals surface area contributed by atoms with Gasteiger partial charge in [-0.2, -0.15) is 0 Å². The maximum Gasteiger partial charge on any atom is 0.137 e. The van der Waals surface area contributed by atoms with Gasteiger partial charge in [0.15, 0.2) is 0 Å². The van der Waals surface area contributed by atoms with Gasteiger partial charge in [-0.05, 0) is 19.1 Å². The highest BCUT2D eigenvalue weighted by molar-refractivity contribution is 6.30. The molecule has 0 amide bonds. The Hall–Kier alpha value is -1.68. The average molecular weight is 291 g/mol. The van der Waals surface area contributed by atoms with Crippen LogP contribution in [0.3, 0.4) is 0 Å². The van der Waals surface area contributed by atoms with Gasteiger partial charge in [-0.15, -0.1) is 0 Å². The van der Waals surface area contributed by atoms with Crippen LogP contribution in [0.5, 0.6) is 0 Å². The topological polar surface area (TPSA) is 41.9 Å². The fourth-order valence-corrected chi connectivity index (χ4v) is 2.10. The summed E-state index contributed by atoms with van der Waals surface area (Å²) in [6.07, 6.45) is 1.79. The van der Waals surface area contributed by atoms with Crippen LogP contribution < -0.4 is 4.90 Å². The first-order chi connectivity index (χ1) is 9.49. The van der Waals surface area contributed by atoms with Crippen molar-refractivity contribution in [2.75, 3.05) is 11.9 Å². The lowest BCUT2D eigenvalue weighted by molar-refractivity contribution is 0.756. The van der Waals surface area contributed by atoms with Gasteiger partial charge in [0, 0.05) is 24.7 Å². The lowest BCUT2D eigenvalue weighted by Crippen LogP contribution is -2.21. The second kappa shape index (κ2) is 6.18. The molecule has 0 radical (unpaired) electrons. The van der Waals surface area contributed by atoms with Crippen LogP contribution in [0.2, 0.25) is 5.15 Å². The average Bonchev–Trinajstić information content (AvgIpc) is 2.42. The molecule has 0 atom stereocenters. The van der Waals surface area contributed by atoms with Crippen LogP contribution in [0.4, 0.5) is 5.82 Å². The van der Waals surface area contributed by atoms with E-state index < -0.39 is 0 Å². The summed E-state index contributed by atoms with van der Waals surface area (Å²) in [5.41, 5.74) is 1.89. The number of aromatic nitrogens is 3. The van der Waals surface area contributed by atoms with Crippen LogP contribution in [-0.4, -0.2) is 22.0 Å². The third-order valence-electron chi connectivity index (χ3n) is 3.08. The number of pyridine rings is 1. The second-order valence-corrected chi connectivity index (χ2v) is 5.51. The largest absolute Gasteiger partial charge is 0.353 e. The van der Waals surface area contributed by atoms with Gasteiger partial charge in [0.25, 0.3) is 0 Å². The summed E-state index contributed by atoms with van der Waals surface area (Å²) in [7, 11) is 1.99. The standard InChI is InChI=1S/C15H19ClN4/c1-10(2)14-18-13(16)11(3)15(19-14)20(4)9-12-7-5-6-8-17-12/h5-8,10H,9H2,1-4H3. The third kappa shape index (κ3) is 3.25. The molecule has 0 saturated carbocycles. The first kappa shape index (κ1) is 14.7. The van der Waals surface area contributed by atoms with Crippen molar-refractivity contribution in [3.63, 3.8) is 0 Å².